The normalized spacial score (nSPS) is 25.7. The Labute approximate surface area is 138 Å². The molecule has 0 radical (unpaired) electrons. The van der Waals surface area contributed by atoms with E-state index in [1.165, 1.54) is 12.8 Å². The lowest BCUT2D eigenvalue weighted by atomic mass is 9.78. The Bertz CT molecular complexity index is 536. The van der Waals surface area contributed by atoms with Crippen molar-refractivity contribution in [3.63, 3.8) is 0 Å². The van der Waals surface area contributed by atoms with Crippen LogP contribution in [0, 0.1) is 5.92 Å². The highest BCUT2D eigenvalue weighted by Gasteiger charge is 2.32. The molecular weight excluding hydrogens is 290 g/mol. The molecule has 6 heteroatoms. The number of aromatic nitrogens is 2. The van der Waals surface area contributed by atoms with Crippen molar-refractivity contribution in [1.29, 1.82) is 0 Å². The number of hydrogen-bond donors (Lipinski definition) is 2. The van der Waals surface area contributed by atoms with Gasteiger partial charge in [0, 0.05) is 30.8 Å². The van der Waals surface area contributed by atoms with Gasteiger partial charge >= 0.3 is 0 Å². The summed E-state index contributed by atoms with van der Waals surface area (Å²) in [6.45, 7) is 4.94. The predicted octanol–water partition coefficient (Wildman–Crippen LogP) is 1.61. The van der Waals surface area contributed by atoms with Crippen LogP contribution in [0.4, 0.5) is 5.82 Å². The minimum absolute atomic E-state index is 0.168. The van der Waals surface area contributed by atoms with Crippen LogP contribution in [0.1, 0.15) is 44.2 Å². The summed E-state index contributed by atoms with van der Waals surface area (Å²) in [5, 5.41) is 6.20. The van der Waals surface area contributed by atoms with Gasteiger partial charge in [0.05, 0.1) is 6.54 Å². The molecule has 1 amide bonds. The Morgan fingerprint density at radius 2 is 2.04 bits per heavy atom. The molecule has 1 aliphatic heterocycles. The Hall–Kier alpha value is -1.69. The second-order valence-corrected chi connectivity index (χ2v) is 6.97. The number of carbonyl (C=O) groups is 1. The summed E-state index contributed by atoms with van der Waals surface area (Å²) in [5.41, 5.74) is 1.07. The van der Waals surface area contributed by atoms with E-state index in [0.717, 1.165) is 43.4 Å². The number of amides is 1. The molecule has 23 heavy (non-hydrogen) atoms. The van der Waals surface area contributed by atoms with Gasteiger partial charge in [0.2, 0.25) is 5.91 Å². The van der Waals surface area contributed by atoms with E-state index in [2.05, 4.69) is 32.4 Å². The van der Waals surface area contributed by atoms with E-state index in [1.54, 1.807) is 6.33 Å². The van der Waals surface area contributed by atoms with Crippen molar-refractivity contribution in [2.75, 3.05) is 32.0 Å². The van der Waals surface area contributed by atoms with E-state index in [9.17, 15) is 4.79 Å². The number of carbonyl (C=O) groups excluding carboxylic acids is 1. The van der Waals surface area contributed by atoms with E-state index < -0.39 is 0 Å². The number of rotatable bonds is 5. The van der Waals surface area contributed by atoms with Crippen LogP contribution < -0.4 is 10.6 Å². The van der Waals surface area contributed by atoms with Crippen molar-refractivity contribution in [2.45, 2.75) is 44.6 Å². The van der Waals surface area contributed by atoms with Crippen molar-refractivity contribution in [2.24, 2.45) is 5.92 Å². The molecule has 6 nitrogen and oxygen atoms in total. The highest BCUT2D eigenvalue weighted by atomic mass is 16.2. The van der Waals surface area contributed by atoms with E-state index in [-0.39, 0.29) is 5.91 Å². The minimum atomic E-state index is 0.168. The van der Waals surface area contributed by atoms with Gasteiger partial charge in [0.25, 0.3) is 0 Å². The third-order valence-corrected chi connectivity index (χ3v) is 5.11. The monoisotopic (exact) mass is 317 g/mol. The molecule has 1 aromatic rings. The molecule has 0 spiro atoms. The Balaban J connectivity index is 1.40. The molecule has 2 heterocycles. The molecule has 1 aromatic heterocycles. The van der Waals surface area contributed by atoms with Crippen molar-refractivity contribution in [3.05, 3.63) is 18.1 Å². The van der Waals surface area contributed by atoms with Crippen LogP contribution in [0.5, 0.6) is 0 Å². The van der Waals surface area contributed by atoms with Crippen LogP contribution in [0.2, 0.25) is 0 Å². The largest absolute Gasteiger partial charge is 0.373 e. The van der Waals surface area contributed by atoms with Gasteiger partial charge < -0.3 is 10.6 Å². The maximum absolute atomic E-state index is 12.2. The Kier molecular flexibility index (Phi) is 5.10. The molecule has 1 aliphatic carbocycles. The highest BCUT2D eigenvalue weighted by Crippen LogP contribution is 2.36. The van der Waals surface area contributed by atoms with Gasteiger partial charge in [-0.25, -0.2) is 9.97 Å². The summed E-state index contributed by atoms with van der Waals surface area (Å²) in [6.07, 6.45) is 5.97. The summed E-state index contributed by atoms with van der Waals surface area (Å²) in [6, 6.07) is 2.29. The van der Waals surface area contributed by atoms with Gasteiger partial charge in [-0.15, -0.1) is 0 Å². The fraction of sp³-hybridized carbons (Fsp3) is 0.706. The number of nitrogens with zero attached hydrogens (tertiary/aromatic N) is 3. The van der Waals surface area contributed by atoms with Gasteiger partial charge in [0.1, 0.15) is 12.1 Å². The van der Waals surface area contributed by atoms with Gasteiger partial charge in [-0.1, -0.05) is 6.92 Å². The van der Waals surface area contributed by atoms with E-state index >= 15 is 0 Å². The average molecular weight is 317 g/mol. The maximum atomic E-state index is 12.2. The van der Waals surface area contributed by atoms with Gasteiger partial charge in [0.15, 0.2) is 0 Å². The molecule has 0 atom stereocenters. The molecule has 1 saturated heterocycles. The number of nitrogens with one attached hydrogen (secondary N) is 2. The Morgan fingerprint density at radius 3 is 2.74 bits per heavy atom. The van der Waals surface area contributed by atoms with Crippen LogP contribution in [-0.4, -0.2) is 53.5 Å². The molecule has 0 unspecified atom stereocenters. The second-order valence-electron chi connectivity index (χ2n) is 6.97. The molecule has 2 N–H and O–H groups in total. The highest BCUT2D eigenvalue weighted by molar-refractivity contribution is 5.78. The topological polar surface area (TPSA) is 70.2 Å². The molecule has 0 bridgehead atoms. The summed E-state index contributed by atoms with van der Waals surface area (Å²) < 4.78 is 0. The lowest BCUT2D eigenvalue weighted by Gasteiger charge is -2.36. The first-order chi connectivity index (χ1) is 11.1. The fourth-order valence-corrected chi connectivity index (χ4v) is 3.41. The molecular formula is C17H27N5O. The maximum Gasteiger partial charge on any atom is 0.234 e. The second kappa shape index (κ2) is 7.25. The van der Waals surface area contributed by atoms with Crippen LogP contribution in [-0.2, 0) is 4.79 Å². The third kappa shape index (κ3) is 4.19. The summed E-state index contributed by atoms with van der Waals surface area (Å²) in [7, 11) is 1.86. The molecule has 1 saturated carbocycles. The first kappa shape index (κ1) is 16.2. The fourth-order valence-electron chi connectivity index (χ4n) is 3.41. The summed E-state index contributed by atoms with van der Waals surface area (Å²) >= 11 is 0. The number of hydrogen-bond acceptors (Lipinski definition) is 5. The molecule has 2 aliphatic rings. The minimum Gasteiger partial charge on any atom is -0.373 e. The van der Waals surface area contributed by atoms with Crippen molar-refractivity contribution >= 4 is 11.7 Å². The van der Waals surface area contributed by atoms with Crippen molar-refractivity contribution < 1.29 is 4.79 Å². The van der Waals surface area contributed by atoms with Gasteiger partial charge in [-0.05, 0) is 44.7 Å². The summed E-state index contributed by atoms with van der Waals surface area (Å²) in [4.78, 5) is 22.9. The standard InChI is InChI=1S/C17H27N5O/c1-12-3-5-22(6-4-12)10-17(23)21-14-7-13(8-14)15-9-16(18-2)20-11-19-15/h9,11-14H,3-8,10H2,1-2H3,(H,21,23)(H,18,19,20). The molecule has 2 fully saturated rings. The number of anilines is 1. The average Bonchev–Trinajstić information content (AvgIpc) is 2.53. The van der Waals surface area contributed by atoms with Crippen LogP contribution in [0.3, 0.4) is 0 Å². The SMILES string of the molecule is CNc1cc(C2CC(NC(=O)CN3CCC(C)CC3)C2)ncn1. The quantitative estimate of drug-likeness (QED) is 0.863. The third-order valence-electron chi connectivity index (χ3n) is 5.11. The van der Waals surface area contributed by atoms with E-state index in [1.807, 2.05) is 13.1 Å². The lowest BCUT2D eigenvalue weighted by Crippen LogP contribution is -2.48. The zero-order chi connectivity index (χ0) is 16.2. The van der Waals surface area contributed by atoms with Crippen LogP contribution in [0.15, 0.2) is 12.4 Å². The first-order valence-electron chi connectivity index (χ1n) is 8.65. The van der Waals surface area contributed by atoms with Gasteiger partial charge in [-0.2, -0.15) is 0 Å². The number of piperidine rings is 1. The lowest BCUT2D eigenvalue weighted by molar-refractivity contribution is -0.123. The number of likely N-dealkylation sites (tertiary alicyclic amines) is 1. The summed E-state index contributed by atoms with van der Waals surface area (Å²) in [5.74, 6) is 2.26. The van der Waals surface area contributed by atoms with E-state index in [0.29, 0.717) is 18.5 Å². The molecule has 0 aromatic carbocycles. The first-order valence-corrected chi connectivity index (χ1v) is 8.65. The van der Waals surface area contributed by atoms with Crippen molar-refractivity contribution in [1.82, 2.24) is 20.2 Å². The molecule has 126 valence electrons. The van der Waals surface area contributed by atoms with E-state index in [4.69, 9.17) is 0 Å². The zero-order valence-electron chi connectivity index (χ0n) is 14.1. The zero-order valence-corrected chi connectivity index (χ0v) is 14.1. The Morgan fingerprint density at radius 1 is 1.30 bits per heavy atom. The smallest absolute Gasteiger partial charge is 0.234 e. The molecule has 3 rings (SSSR count). The van der Waals surface area contributed by atoms with Crippen LogP contribution >= 0.6 is 0 Å². The van der Waals surface area contributed by atoms with Crippen LogP contribution in [0.25, 0.3) is 0 Å². The predicted molar refractivity (Wildman–Crippen MR) is 90.3 cm³/mol. The van der Waals surface area contributed by atoms with Crippen molar-refractivity contribution in [3.8, 4) is 0 Å². The van der Waals surface area contributed by atoms with Gasteiger partial charge in [-0.3, -0.25) is 9.69 Å².